The van der Waals surface area contributed by atoms with Gasteiger partial charge in [-0.2, -0.15) is 17.5 Å². The van der Waals surface area contributed by atoms with Crippen molar-refractivity contribution in [2.75, 3.05) is 13.7 Å². The lowest BCUT2D eigenvalue weighted by atomic mass is 9.99. The molecule has 10 heteroatoms. The van der Waals surface area contributed by atoms with Crippen molar-refractivity contribution >= 4 is 16.0 Å². The molecule has 0 aliphatic carbocycles. The zero-order valence-corrected chi connectivity index (χ0v) is 18.2. The molecule has 0 aliphatic rings. The lowest BCUT2D eigenvalue weighted by molar-refractivity contribution is -0.140. The normalized spacial score (nSPS) is 12.0. The van der Waals surface area contributed by atoms with Crippen LogP contribution in [0.1, 0.15) is 11.1 Å². The van der Waals surface area contributed by atoms with Crippen LogP contribution >= 0.6 is 0 Å². The van der Waals surface area contributed by atoms with Crippen LogP contribution in [0.5, 0.6) is 5.75 Å². The standard InChI is InChI=1S/C23H20F3NO5S/c1-27(33(30,31)19-8-3-2-4-9-19)14-16-6-5-7-17(12-16)20-13-18(23(24,25)26)10-11-21(20)32-15-22(28)29/h2-13H,14-15H2,1H3,(H,28,29). The van der Waals surface area contributed by atoms with Gasteiger partial charge in [-0.05, 0) is 47.5 Å². The van der Waals surface area contributed by atoms with Crippen molar-refractivity contribution in [3.8, 4) is 16.9 Å². The maximum Gasteiger partial charge on any atom is 0.416 e. The molecule has 0 aliphatic heterocycles. The summed E-state index contributed by atoms with van der Waals surface area (Å²) in [7, 11) is -2.37. The maximum atomic E-state index is 13.3. The molecule has 0 heterocycles. The second-order valence-electron chi connectivity index (χ2n) is 7.17. The Bertz CT molecular complexity index is 1240. The number of hydrogen-bond donors (Lipinski definition) is 1. The summed E-state index contributed by atoms with van der Waals surface area (Å²) in [5.74, 6) is -1.31. The molecule has 6 nitrogen and oxygen atoms in total. The number of ether oxygens (including phenoxy) is 1. The number of aliphatic carboxylic acids is 1. The van der Waals surface area contributed by atoms with Gasteiger partial charge in [-0.25, -0.2) is 13.2 Å². The van der Waals surface area contributed by atoms with E-state index in [-0.39, 0.29) is 22.8 Å². The quantitative estimate of drug-likeness (QED) is 0.508. The van der Waals surface area contributed by atoms with Crippen molar-refractivity contribution in [1.29, 1.82) is 0 Å². The molecule has 1 N–H and O–H groups in total. The Balaban J connectivity index is 1.96. The molecule has 0 saturated carbocycles. The van der Waals surface area contributed by atoms with Gasteiger partial charge < -0.3 is 9.84 Å². The number of nitrogens with zero attached hydrogens (tertiary/aromatic N) is 1. The summed E-state index contributed by atoms with van der Waals surface area (Å²) in [6.45, 7) is -0.758. The van der Waals surface area contributed by atoms with Crippen molar-refractivity contribution in [2.45, 2.75) is 17.6 Å². The van der Waals surface area contributed by atoms with Gasteiger partial charge in [-0.15, -0.1) is 0 Å². The molecule has 0 saturated heterocycles. The average Bonchev–Trinajstić information content (AvgIpc) is 2.77. The first-order valence-electron chi connectivity index (χ1n) is 9.65. The summed E-state index contributed by atoms with van der Waals surface area (Å²) in [6, 6.07) is 16.9. The topological polar surface area (TPSA) is 83.9 Å². The van der Waals surface area contributed by atoms with E-state index in [9.17, 15) is 26.4 Å². The summed E-state index contributed by atoms with van der Waals surface area (Å²) >= 11 is 0. The molecule has 3 aromatic carbocycles. The Hall–Kier alpha value is -3.37. The second kappa shape index (κ2) is 9.63. The molecule has 0 fully saturated rings. The average molecular weight is 479 g/mol. The van der Waals surface area contributed by atoms with E-state index in [1.165, 1.54) is 25.2 Å². The highest BCUT2D eigenvalue weighted by molar-refractivity contribution is 7.89. The Morgan fingerprint density at radius 1 is 1.00 bits per heavy atom. The van der Waals surface area contributed by atoms with Gasteiger partial charge in [0, 0.05) is 19.2 Å². The van der Waals surface area contributed by atoms with Crippen LogP contribution in [-0.4, -0.2) is 37.5 Å². The predicted molar refractivity (Wildman–Crippen MR) is 115 cm³/mol. The van der Waals surface area contributed by atoms with E-state index in [1.54, 1.807) is 36.4 Å². The van der Waals surface area contributed by atoms with E-state index in [4.69, 9.17) is 9.84 Å². The van der Waals surface area contributed by atoms with E-state index in [2.05, 4.69) is 0 Å². The molecule has 0 spiro atoms. The third kappa shape index (κ3) is 5.91. The molecule has 0 atom stereocenters. The predicted octanol–water partition coefficient (Wildman–Crippen LogP) is 4.66. The Morgan fingerprint density at radius 3 is 2.33 bits per heavy atom. The molecule has 0 radical (unpaired) electrons. The van der Waals surface area contributed by atoms with Crippen molar-refractivity contribution in [2.24, 2.45) is 0 Å². The SMILES string of the molecule is CN(Cc1cccc(-c2cc(C(F)(F)F)ccc2OCC(=O)O)c1)S(=O)(=O)c1ccccc1. The van der Waals surface area contributed by atoms with E-state index < -0.39 is 34.3 Å². The number of carbonyl (C=O) groups is 1. The number of sulfonamides is 1. The zero-order valence-electron chi connectivity index (χ0n) is 17.4. The van der Waals surface area contributed by atoms with Crippen LogP contribution in [-0.2, 0) is 27.5 Å². The van der Waals surface area contributed by atoms with Gasteiger partial charge in [0.25, 0.3) is 0 Å². The highest BCUT2D eigenvalue weighted by atomic mass is 32.2. The minimum absolute atomic E-state index is 0.0324. The summed E-state index contributed by atoms with van der Waals surface area (Å²) in [4.78, 5) is 11.0. The fraction of sp³-hybridized carbons (Fsp3) is 0.174. The number of hydrogen-bond acceptors (Lipinski definition) is 4. The molecular formula is C23H20F3NO5S. The van der Waals surface area contributed by atoms with E-state index >= 15 is 0 Å². The molecule has 0 amide bonds. The molecule has 0 aromatic heterocycles. The molecule has 33 heavy (non-hydrogen) atoms. The number of halogens is 3. The first-order chi connectivity index (χ1) is 15.5. The summed E-state index contributed by atoms with van der Waals surface area (Å²) in [6.07, 6.45) is -4.61. The number of rotatable bonds is 8. The van der Waals surface area contributed by atoms with Crippen LogP contribution in [0.25, 0.3) is 11.1 Å². The number of carboxylic acids is 1. The molecule has 3 rings (SSSR count). The van der Waals surface area contributed by atoms with Crippen LogP contribution in [0.2, 0.25) is 0 Å². The van der Waals surface area contributed by atoms with Crippen LogP contribution in [0.4, 0.5) is 13.2 Å². The number of alkyl halides is 3. The van der Waals surface area contributed by atoms with Gasteiger partial charge in [-0.3, -0.25) is 0 Å². The second-order valence-corrected chi connectivity index (χ2v) is 9.21. The lowest BCUT2D eigenvalue weighted by Crippen LogP contribution is -2.26. The van der Waals surface area contributed by atoms with Gasteiger partial charge in [-0.1, -0.05) is 36.4 Å². The van der Waals surface area contributed by atoms with Crippen molar-refractivity contribution < 1.29 is 36.2 Å². The number of benzene rings is 3. The third-order valence-electron chi connectivity index (χ3n) is 4.75. The van der Waals surface area contributed by atoms with Gasteiger partial charge in [0.2, 0.25) is 10.0 Å². The monoisotopic (exact) mass is 479 g/mol. The fourth-order valence-electron chi connectivity index (χ4n) is 3.15. The summed E-state index contributed by atoms with van der Waals surface area (Å²) < 4.78 is 71.7. The Kier molecular flexibility index (Phi) is 7.09. The third-order valence-corrected chi connectivity index (χ3v) is 6.57. The van der Waals surface area contributed by atoms with Crippen LogP contribution in [0.15, 0.2) is 77.7 Å². The van der Waals surface area contributed by atoms with Crippen molar-refractivity contribution in [3.63, 3.8) is 0 Å². The highest BCUT2D eigenvalue weighted by Gasteiger charge is 2.31. The van der Waals surface area contributed by atoms with Crippen LogP contribution in [0.3, 0.4) is 0 Å². The fourth-order valence-corrected chi connectivity index (χ4v) is 4.33. The Labute approximate surface area is 188 Å². The molecule has 0 bridgehead atoms. The lowest BCUT2D eigenvalue weighted by Gasteiger charge is -2.18. The smallest absolute Gasteiger partial charge is 0.416 e. The van der Waals surface area contributed by atoms with E-state index in [0.717, 1.165) is 22.5 Å². The van der Waals surface area contributed by atoms with E-state index in [1.807, 2.05) is 0 Å². The van der Waals surface area contributed by atoms with Gasteiger partial charge in [0.05, 0.1) is 10.5 Å². The van der Waals surface area contributed by atoms with Gasteiger partial charge in [0.15, 0.2) is 6.61 Å². The van der Waals surface area contributed by atoms with Crippen molar-refractivity contribution in [3.05, 3.63) is 83.9 Å². The van der Waals surface area contributed by atoms with Crippen LogP contribution < -0.4 is 4.74 Å². The molecule has 174 valence electrons. The van der Waals surface area contributed by atoms with Gasteiger partial charge in [0.1, 0.15) is 5.75 Å². The van der Waals surface area contributed by atoms with E-state index in [0.29, 0.717) is 11.1 Å². The first-order valence-corrected chi connectivity index (χ1v) is 11.1. The molecule has 3 aromatic rings. The van der Waals surface area contributed by atoms with Gasteiger partial charge >= 0.3 is 12.1 Å². The largest absolute Gasteiger partial charge is 0.481 e. The maximum absolute atomic E-state index is 13.3. The zero-order chi connectivity index (χ0) is 24.2. The number of carboxylic acid groups (broad SMARTS) is 1. The highest BCUT2D eigenvalue weighted by Crippen LogP contribution is 2.37. The van der Waals surface area contributed by atoms with Crippen molar-refractivity contribution in [1.82, 2.24) is 4.31 Å². The minimum Gasteiger partial charge on any atom is -0.481 e. The molecule has 0 unspecified atom stereocenters. The van der Waals surface area contributed by atoms with Crippen LogP contribution in [0, 0.1) is 0 Å². The first kappa shape index (κ1) is 24.3. The minimum atomic E-state index is -4.61. The molecular weight excluding hydrogens is 459 g/mol. The summed E-state index contributed by atoms with van der Waals surface area (Å²) in [5, 5.41) is 8.87. The Morgan fingerprint density at radius 2 is 1.70 bits per heavy atom. The summed E-state index contributed by atoms with van der Waals surface area (Å²) in [5.41, 5.74) is -0.0311.